The molecule has 1 atom stereocenters. The van der Waals surface area contributed by atoms with Crippen molar-refractivity contribution in [1.82, 2.24) is 0 Å². The standard InChI is InChI=1S/C14H15BrO2/c1-3-10-4-6-11(7-5-10)14(2,16)13-12(15)8-9-17-13/h4-9,16H,3H2,1-2H3. The van der Waals surface area contributed by atoms with E-state index in [9.17, 15) is 5.11 Å². The molecule has 0 saturated carbocycles. The zero-order valence-electron chi connectivity index (χ0n) is 9.90. The Labute approximate surface area is 109 Å². The highest BCUT2D eigenvalue weighted by Gasteiger charge is 2.31. The molecular weight excluding hydrogens is 280 g/mol. The average Bonchev–Trinajstić information content (AvgIpc) is 2.76. The van der Waals surface area contributed by atoms with Crippen molar-refractivity contribution < 1.29 is 9.52 Å². The molecule has 0 fully saturated rings. The van der Waals surface area contributed by atoms with E-state index in [-0.39, 0.29) is 0 Å². The van der Waals surface area contributed by atoms with Gasteiger partial charge in [0.25, 0.3) is 0 Å². The highest BCUT2D eigenvalue weighted by Crippen LogP contribution is 2.34. The number of hydrogen-bond acceptors (Lipinski definition) is 2. The quantitative estimate of drug-likeness (QED) is 0.932. The molecule has 0 aliphatic heterocycles. The molecule has 1 aromatic carbocycles. The van der Waals surface area contributed by atoms with Gasteiger partial charge in [0.2, 0.25) is 0 Å². The van der Waals surface area contributed by atoms with Gasteiger partial charge >= 0.3 is 0 Å². The number of benzene rings is 1. The van der Waals surface area contributed by atoms with Gasteiger partial charge in [0.15, 0.2) is 5.76 Å². The largest absolute Gasteiger partial charge is 0.465 e. The summed E-state index contributed by atoms with van der Waals surface area (Å²) >= 11 is 3.37. The van der Waals surface area contributed by atoms with Crippen LogP contribution in [0.5, 0.6) is 0 Å². The number of rotatable bonds is 3. The molecule has 3 heteroatoms. The van der Waals surface area contributed by atoms with Gasteiger partial charge in [-0.05, 0) is 46.5 Å². The molecule has 0 spiro atoms. The molecule has 2 nitrogen and oxygen atoms in total. The van der Waals surface area contributed by atoms with E-state index in [0.717, 1.165) is 16.5 Å². The van der Waals surface area contributed by atoms with Crippen molar-refractivity contribution in [2.24, 2.45) is 0 Å². The Kier molecular flexibility index (Phi) is 3.40. The van der Waals surface area contributed by atoms with Crippen molar-refractivity contribution in [1.29, 1.82) is 0 Å². The molecule has 0 aliphatic carbocycles. The lowest BCUT2D eigenvalue weighted by Gasteiger charge is -2.22. The molecule has 1 unspecified atom stereocenters. The van der Waals surface area contributed by atoms with Crippen LogP contribution in [-0.2, 0) is 12.0 Å². The van der Waals surface area contributed by atoms with Crippen LogP contribution in [0.3, 0.4) is 0 Å². The van der Waals surface area contributed by atoms with Gasteiger partial charge in [-0.2, -0.15) is 0 Å². The van der Waals surface area contributed by atoms with E-state index >= 15 is 0 Å². The van der Waals surface area contributed by atoms with Crippen LogP contribution in [0, 0.1) is 0 Å². The third-order valence-corrected chi connectivity index (χ3v) is 3.61. The van der Waals surface area contributed by atoms with Gasteiger partial charge in [-0.3, -0.25) is 0 Å². The maximum Gasteiger partial charge on any atom is 0.153 e. The summed E-state index contributed by atoms with van der Waals surface area (Å²) in [5.74, 6) is 0.529. The maximum atomic E-state index is 10.6. The monoisotopic (exact) mass is 294 g/mol. The van der Waals surface area contributed by atoms with Crippen molar-refractivity contribution in [2.45, 2.75) is 25.9 Å². The number of hydrogen-bond donors (Lipinski definition) is 1. The second-order valence-electron chi connectivity index (χ2n) is 4.22. The minimum absolute atomic E-state index is 0.529. The fraction of sp³-hybridized carbons (Fsp3) is 0.286. The highest BCUT2D eigenvalue weighted by atomic mass is 79.9. The normalized spacial score (nSPS) is 14.6. The number of halogens is 1. The zero-order chi connectivity index (χ0) is 12.5. The molecule has 1 heterocycles. The average molecular weight is 295 g/mol. The molecule has 90 valence electrons. The summed E-state index contributed by atoms with van der Waals surface area (Å²) < 4.78 is 6.12. The first kappa shape index (κ1) is 12.4. The molecule has 0 aliphatic rings. The Bertz CT molecular complexity index is 497. The predicted octanol–water partition coefficient (Wildman–Crippen LogP) is 3.86. The van der Waals surface area contributed by atoms with Crippen LogP contribution in [0.2, 0.25) is 0 Å². The molecule has 0 bridgehead atoms. The lowest BCUT2D eigenvalue weighted by Crippen LogP contribution is -2.22. The van der Waals surface area contributed by atoms with Gasteiger partial charge in [-0.25, -0.2) is 0 Å². The van der Waals surface area contributed by atoms with Crippen molar-refractivity contribution in [3.05, 3.63) is 58.0 Å². The molecule has 2 aromatic rings. The van der Waals surface area contributed by atoms with E-state index in [1.54, 1.807) is 19.3 Å². The summed E-state index contributed by atoms with van der Waals surface area (Å²) in [6.45, 7) is 3.84. The summed E-state index contributed by atoms with van der Waals surface area (Å²) in [5, 5.41) is 10.6. The topological polar surface area (TPSA) is 33.4 Å². The Balaban J connectivity index is 2.40. The van der Waals surface area contributed by atoms with Gasteiger partial charge in [-0.1, -0.05) is 31.2 Å². The predicted molar refractivity (Wildman–Crippen MR) is 70.9 cm³/mol. The molecule has 2 rings (SSSR count). The van der Waals surface area contributed by atoms with Gasteiger partial charge in [0.05, 0.1) is 10.7 Å². The van der Waals surface area contributed by atoms with Crippen LogP contribution in [0.15, 0.2) is 45.5 Å². The van der Waals surface area contributed by atoms with E-state index < -0.39 is 5.60 Å². The second kappa shape index (κ2) is 4.67. The first-order valence-electron chi connectivity index (χ1n) is 5.61. The minimum Gasteiger partial charge on any atom is -0.465 e. The number of aryl methyl sites for hydroxylation is 1. The molecule has 0 radical (unpaired) electrons. The fourth-order valence-corrected chi connectivity index (χ4v) is 2.42. The highest BCUT2D eigenvalue weighted by molar-refractivity contribution is 9.10. The van der Waals surface area contributed by atoms with Crippen LogP contribution >= 0.6 is 15.9 Å². The molecule has 0 amide bonds. The lowest BCUT2D eigenvalue weighted by atomic mass is 9.92. The fourth-order valence-electron chi connectivity index (χ4n) is 1.84. The van der Waals surface area contributed by atoms with E-state index in [2.05, 4.69) is 22.9 Å². The van der Waals surface area contributed by atoms with Crippen molar-refractivity contribution in [2.75, 3.05) is 0 Å². The Morgan fingerprint density at radius 1 is 1.24 bits per heavy atom. The summed E-state index contributed by atoms with van der Waals surface area (Å²) in [5.41, 5.74) is 0.961. The smallest absolute Gasteiger partial charge is 0.153 e. The van der Waals surface area contributed by atoms with Crippen LogP contribution in [-0.4, -0.2) is 5.11 Å². The number of aliphatic hydroxyl groups is 1. The summed E-state index contributed by atoms with van der Waals surface area (Å²) in [4.78, 5) is 0. The number of furan rings is 1. The van der Waals surface area contributed by atoms with Crippen molar-refractivity contribution >= 4 is 15.9 Å². The van der Waals surface area contributed by atoms with Gasteiger partial charge in [0.1, 0.15) is 5.60 Å². The van der Waals surface area contributed by atoms with Crippen LogP contribution in [0.1, 0.15) is 30.7 Å². The van der Waals surface area contributed by atoms with E-state index in [1.807, 2.05) is 24.3 Å². The molecule has 17 heavy (non-hydrogen) atoms. The molecular formula is C14H15BrO2. The SMILES string of the molecule is CCc1ccc(C(C)(O)c2occc2Br)cc1. The minimum atomic E-state index is -1.12. The summed E-state index contributed by atoms with van der Waals surface area (Å²) in [7, 11) is 0. The Hall–Kier alpha value is -1.06. The van der Waals surface area contributed by atoms with E-state index in [4.69, 9.17) is 4.42 Å². The van der Waals surface area contributed by atoms with Gasteiger partial charge in [0, 0.05) is 0 Å². The van der Waals surface area contributed by atoms with Gasteiger partial charge in [-0.15, -0.1) is 0 Å². The molecule has 1 N–H and O–H groups in total. The van der Waals surface area contributed by atoms with E-state index in [0.29, 0.717) is 5.76 Å². The first-order valence-corrected chi connectivity index (χ1v) is 6.40. The third-order valence-electron chi connectivity index (χ3n) is 2.98. The summed E-state index contributed by atoms with van der Waals surface area (Å²) in [6, 6.07) is 9.72. The maximum absolute atomic E-state index is 10.6. The third kappa shape index (κ3) is 2.31. The zero-order valence-corrected chi connectivity index (χ0v) is 11.5. The molecule has 1 aromatic heterocycles. The Morgan fingerprint density at radius 3 is 2.35 bits per heavy atom. The van der Waals surface area contributed by atoms with Crippen LogP contribution in [0.25, 0.3) is 0 Å². The van der Waals surface area contributed by atoms with Crippen LogP contribution in [0.4, 0.5) is 0 Å². The lowest BCUT2D eigenvalue weighted by molar-refractivity contribution is 0.0758. The van der Waals surface area contributed by atoms with Crippen molar-refractivity contribution in [3.63, 3.8) is 0 Å². The van der Waals surface area contributed by atoms with Crippen LogP contribution < -0.4 is 0 Å². The van der Waals surface area contributed by atoms with Gasteiger partial charge < -0.3 is 9.52 Å². The second-order valence-corrected chi connectivity index (χ2v) is 5.07. The molecule has 0 saturated heterocycles. The first-order chi connectivity index (χ1) is 8.05. The Morgan fingerprint density at radius 2 is 1.88 bits per heavy atom. The van der Waals surface area contributed by atoms with E-state index in [1.165, 1.54) is 5.56 Å². The van der Waals surface area contributed by atoms with Crippen molar-refractivity contribution in [3.8, 4) is 0 Å². The summed E-state index contributed by atoms with van der Waals surface area (Å²) in [6.07, 6.45) is 2.56.